The van der Waals surface area contributed by atoms with Crippen molar-refractivity contribution in [2.45, 2.75) is 13.8 Å². The monoisotopic (exact) mass is 516 g/mol. The molecule has 8 rings (SSSR count). The van der Waals surface area contributed by atoms with Gasteiger partial charge in [-0.1, -0.05) is 96.1 Å². The van der Waals surface area contributed by atoms with E-state index < -0.39 is 0 Å². The van der Waals surface area contributed by atoms with E-state index in [9.17, 15) is 0 Å². The third kappa shape index (κ3) is 3.40. The molecule has 0 atom stereocenters. The van der Waals surface area contributed by atoms with E-state index in [-0.39, 0.29) is 0 Å². The molecule has 0 N–H and O–H groups in total. The third-order valence-corrected chi connectivity index (χ3v) is 9.04. The molecule has 6 aromatic carbocycles. The van der Waals surface area contributed by atoms with Crippen molar-refractivity contribution >= 4 is 64.1 Å². The van der Waals surface area contributed by atoms with Crippen LogP contribution in [0.5, 0.6) is 0 Å². The van der Waals surface area contributed by atoms with Gasteiger partial charge in [-0.2, -0.15) is 0 Å². The fourth-order valence-corrected chi connectivity index (χ4v) is 7.21. The van der Waals surface area contributed by atoms with E-state index in [1.807, 2.05) is 17.5 Å². The Morgan fingerprint density at radius 2 is 1.15 bits per heavy atom. The molecule has 0 spiro atoms. The lowest BCUT2D eigenvalue weighted by Crippen LogP contribution is -1.94. The Hall–Kier alpha value is -4.60. The fourth-order valence-electron chi connectivity index (χ4n) is 5.98. The summed E-state index contributed by atoms with van der Waals surface area (Å²) in [5.74, 6) is 0. The summed E-state index contributed by atoms with van der Waals surface area (Å²) in [4.78, 5) is 10.4. The lowest BCUT2D eigenvalue weighted by Gasteiger charge is -2.14. The van der Waals surface area contributed by atoms with Gasteiger partial charge in [-0.3, -0.25) is 4.98 Å². The summed E-state index contributed by atoms with van der Waals surface area (Å²) in [6.07, 6.45) is 1.95. The first-order valence-corrected chi connectivity index (χ1v) is 14.1. The summed E-state index contributed by atoms with van der Waals surface area (Å²) in [7, 11) is 0. The first kappa shape index (κ1) is 22.4. The van der Waals surface area contributed by atoms with Gasteiger partial charge < -0.3 is 0 Å². The number of nitrogens with zero attached hydrogens (tertiary/aromatic N) is 2. The summed E-state index contributed by atoms with van der Waals surface area (Å²) in [5, 5.41) is 7.37. The van der Waals surface area contributed by atoms with E-state index in [1.165, 1.54) is 53.2 Å². The van der Waals surface area contributed by atoms with Crippen molar-refractivity contribution in [1.29, 1.82) is 0 Å². The number of thiophene rings is 1. The second-order valence-electron chi connectivity index (χ2n) is 10.4. The Morgan fingerprint density at radius 3 is 1.95 bits per heavy atom. The average Bonchev–Trinajstić information content (AvgIpc) is 3.36. The minimum absolute atomic E-state index is 0.894. The van der Waals surface area contributed by atoms with Crippen LogP contribution in [-0.2, 0) is 0 Å². The Labute approximate surface area is 230 Å². The fraction of sp³-hybridized carbons (Fsp3) is 0.0556. The predicted molar refractivity (Wildman–Crippen MR) is 168 cm³/mol. The Kier molecular flexibility index (Phi) is 4.85. The van der Waals surface area contributed by atoms with Gasteiger partial charge in [0.2, 0.25) is 0 Å². The van der Waals surface area contributed by atoms with Gasteiger partial charge in [0, 0.05) is 42.1 Å². The van der Waals surface area contributed by atoms with Crippen molar-refractivity contribution in [3.8, 4) is 22.4 Å². The van der Waals surface area contributed by atoms with Crippen molar-refractivity contribution in [2.24, 2.45) is 0 Å². The molecule has 0 fully saturated rings. The zero-order valence-corrected chi connectivity index (χ0v) is 22.5. The van der Waals surface area contributed by atoms with E-state index >= 15 is 0 Å². The Balaban J connectivity index is 1.43. The topological polar surface area (TPSA) is 25.8 Å². The summed E-state index contributed by atoms with van der Waals surface area (Å²) in [5.41, 5.74) is 8.77. The molecule has 2 aromatic heterocycles. The molecule has 8 aromatic rings. The normalized spacial score (nSPS) is 11.8. The summed E-state index contributed by atoms with van der Waals surface area (Å²) >= 11 is 1.86. The number of fused-ring (bicyclic) bond motifs is 9. The van der Waals surface area contributed by atoms with Crippen LogP contribution in [0.15, 0.2) is 109 Å². The van der Waals surface area contributed by atoms with Crippen LogP contribution in [-0.4, -0.2) is 9.97 Å². The first-order chi connectivity index (χ1) is 19.2. The van der Waals surface area contributed by atoms with Crippen molar-refractivity contribution in [1.82, 2.24) is 9.97 Å². The zero-order chi connectivity index (χ0) is 26.1. The van der Waals surface area contributed by atoms with Crippen LogP contribution < -0.4 is 0 Å². The number of aryl methyl sites for hydroxylation is 2. The lowest BCUT2D eigenvalue weighted by molar-refractivity contribution is 1.31. The quantitative estimate of drug-likeness (QED) is 0.214. The second-order valence-corrected chi connectivity index (χ2v) is 11.4. The van der Waals surface area contributed by atoms with Gasteiger partial charge in [0.05, 0.1) is 22.9 Å². The molecule has 0 bridgehead atoms. The van der Waals surface area contributed by atoms with Crippen LogP contribution in [0.1, 0.15) is 11.1 Å². The van der Waals surface area contributed by atoms with Crippen molar-refractivity contribution in [3.05, 3.63) is 120 Å². The predicted octanol–water partition coefficient (Wildman–Crippen LogP) is 10.3. The molecule has 0 aliphatic rings. The maximum Gasteiger partial charge on any atom is 0.0979 e. The molecule has 0 aliphatic heterocycles. The van der Waals surface area contributed by atoms with Crippen LogP contribution in [0.4, 0.5) is 0 Å². The van der Waals surface area contributed by atoms with Crippen molar-refractivity contribution in [3.63, 3.8) is 0 Å². The molecule has 184 valence electrons. The highest BCUT2D eigenvalue weighted by atomic mass is 32.1. The van der Waals surface area contributed by atoms with Crippen molar-refractivity contribution < 1.29 is 0 Å². The smallest absolute Gasteiger partial charge is 0.0979 e. The largest absolute Gasteiger partial charge is 0.252 e. The summed E-state index contributed by atoms with van der Waals surface area (Å²) in [6.45, 7) is 4.28. The Morgan fingerprint density at radius 1 is 0.513 bits per heavy atom. The molecule has 2 nitrogen and oxygen atoms in total. The molecule has 0 saturated heterocycles. The van der Waals surface area contributed by atoms with Crippen LogP contribution in [0.2, 0.25) is 0 Å². The number of hydrogen-bond acceptors (Lipinski definition) is 3. The molecule has 3 heteroatoms. The van der Waals surface area contributed by atoms with Gasteiger partial charge in [0.1, 0.15) is 0 Å². The second kappa shape index (κ2) is 8.45. The molecule has 39 heavy (non-hydrogen) atoms. The molecule has 0 radical (unpaired) electrons. The highest BCUT2D eigenvalue weighted by Gasteiger charge is 2.17. The van der Waals surface area contributed by atoms with Gasteiger partial charge >= 0.3 is 0 Å². The maximum absolute atomic E-state index is 5.34. The van der Waals surface area contributed by atoms with Crippen LogP contribution >= 0.6 is 11.3 Å². The Bertz CT molecular complexity index is 2260. The van der Waals surface area contributed by atoms with Crippen LogP contribution in [0.3, 0.4) is 0 Å². The SMILES string of the molecule is Cc1ccc2c3ccc(C)cc3c3nc(-c4ccccc4-c4cccc5c4sc4ccccc45)cnc3c2c1. The molecule has 0 aliphatic carbocycles. The maximum atomic E-state index is 5.34. The molecule has 0 unspecified atom stereocenters. The number of rotatable bonds is 2. The summed E-state index contributed by atoms with van der Waals surface area (Å²) < 4.78 is 2.62. The highest BCUT2D eigenvalue weighted by molar-refractivity contribution is 7.26. The zero-order valence-electron chi connectivity index (χ0n) is 21.7. The van der Waals surface area contributed by atoms with E-state index in [0.29, 0.717) is 0 Å². The standard InChI is InChI=1S/C36H24N2S/c1-21-14-16-24-25-17-15-22(2)19-31(25)35-34(30(24)18-21)37-20-32(38-35)26-9-4-3-8-23(26)28-11-7-12-29-27-10-5-6-13-33(27)39-36(28)29/h3-20H,1-2H3. The lowest BCUT2D eigenvalue weighted by atomic mass is 9.95. The van der Waals surface area contributed by atoms with E-state index in [1.54, 1.807) is 0 Å². The third-order valence-electron chi connectivity index (χ3n) is 7.82. The van der Waals surface area contributed by atoms with Gasteiger partial charge in [0.15, 0.2) is 0 Å². The van der Waals surface area contributed by atoms with E-state index in [4.69, 9.17) is 9.97 Å². The van der Waals surface area contributed by atoms with Crippen LogP contribution in [0, 0.1) is 13.8 Å². The van der Waals surface area contributed by atoms with Gasteiger partial charge in [-0.25, -0.2) is 4.98 Å². The average molecular weight is 517 g/mol. The minimum Gasteiger partial charge on any atom is -0.252 e. The number of aromatic nitrogens is 2. The highest BCUT2D eigenvalue weighted by Crippen LogP contribution is 2.43. The first-order valence-electron chi connectivity index (χ1n) is 13.3. The molecular weight excluding hydrogens is 492 g/mol. The minimum atomic E-state index is 0.894. The van der Waals surface area contributed by atoms with Gasteiger partial charge in [-0.15, -0.1) is 11.3 Å². The molecule has 0 amide bonds. The van der Waals surface area contributed by atoms with Gasteiger partial charge in [0.25, 0.3) is 0 Å². The van der Waals surface area contributed by atoms with Gasteiger partial charge in [-0.05, 0) is 48.4 Å². The molecule has 0 saturated carbocycles. The molecular formula is C36H24N2S. The van der Waals surface area contributed by atoms with Crippen molar-refractivity contribution in [2.75, 3.05) is 0 Å². The number of hydrogen-bond donors (Lipinski definition) is 0. The van der Waals surface area contributed by atoms with E-state index in [0.717, 1.165) is 33.1 Å². The van der Waals surface area contributed by atoms with Crippen LogP contribution in [0.25, 0.3) is 75.1 Å². The summed E-state index contributed by atoms with van der Waals surface area (Å²) in [6, 6.07) is 37.2. The molecule has 2 heterocycles. The van der Waals surface area contributed by atoms with E-state index in [2.05, 4.69) is 117 Å². The number of benzene rings is 6.